The molecular weight excluding hydrogens is 299 g/mol. The van der Waals surface area contributed by atoms with Crippen molar-refractivity contribution in [1.29, 1.82) is 0 Å². The topological polar surface area (TPSA) is 48.4 Å². The van der Waals surface area contributed by atoms with E-state index in [0.717, 1.165) is 0 Å². The second-order valence-corrected chi connectivity index (χ2v) is 4.22. The van der Waals surface area contributed by atoms with Crippen LogP contribution < -0.4 is 4.74 Å². The van der Waals surface area contributed by atoms with Crippen molar-refractivity contribution in [3.05, 3.63) is 48.3 Å². The van der Waals surface area contributed by atoms with E-state index < -0.39 is 12.3 Å². The molecule has 0 aliphatic carbocycles. The lowest BCUT2D eigenvalue weighted by Gasteiger charge is -2.09. The number of nitrogens with zero attached hydrogens (tertiary/aromatic N) is 1. The van der Waals surface area contributed by atoms with Crippen LogP contribution in [0.1, 0.15) is 17.4 Å². The fourth-order valence-electron chi connectivity index (χ4n) is 1.74. The van der Waals surface area contributed by atoms with Crippen LogP contribution in [0.4, 0.5) is 13.2 Å². The number of aromatic nitrogens is 1. The van der Waals surface area contributed by atoms with Gasteiger partial charge in [0.2, 0.25) is 0 Å². The SMILES string of the molecule is CCOC(=O)c1ccc(-c2ccc(OC(F)(F)F)cc2)cn1. The van der Waals surface area contributed by atoms with E-state index in [-0.39, 0.29) is 18.1 Å². The van der Waals surface area contributed by atoms with Crippen LogP contribution in [0.5, 0.6) is 5.75 Å². The molecule has 0 aliphatic heterocycles. The summed E-state index contributed by atoms with van der Waals surface area (Å²) >= 11 is 0. The number of carbonyl (C=O) groups is 1. The number of alkyl halides is 3. The number of hydrogen-bond donors (Lipinski definition) is 0. The highest BCUT2D eigenvalue weighted by Crippen LogP contribution is 2.26. The molecule has 1 aromatic carbocycles. The number of rotatable bonds is 4. The van der Waals surface area contributed by atoms with Crippen LogP contribution in [-0.4, -0.2) is 23.9 Å². The molecule has 0 aliphatic rings. The van der Waals surface area contributed by atoms with E-state index in [9.17, 15) is 18.0 Å². The molecule has 2 rings (SSSR count). The molecule has 0 fully saturated rings. The average molecular weight is 311 g/mol. The summed E-state index contributed by atoms with van der Waals surface area (Å²) in [5.74, 6) is -0.824. The minimum Gasteiger partial charge on any atom is -0.461 e. The van der Waals surface area contributed by atoms with Crippen molar-refractivity contribution in [2.75, 3.05) is 6.61 Å². The summed E-state index contributed by atoms with van der Waals surface area (Å²) < 4.78 is 44.8. The Labute approximate surface area is 124 Å². The molecule has 0 amide bonds. The maximum absolute atomic E-state index is 12.1. The summed E-state index contributed by atoms with van der Waals surface area (Å²) in [5, 5.41) is 0. The van der Waals surface area contributed by atoms with Gasteiger partial charge in [0.05, 0.1) is 6.61 Å². The Morgan fingerprint density at radius 2 is 1.73 bits per heavy atom. The number of carbonyl (C=O) groups excluding carboxylic acids is 1. The molecule has 4 nitrogen and oxygen atoms in total. The van der Waals surface area contributed by atoms with E-state index >= 15 is 0 Å². The van der Waals surface area contributed by atoms with Crippen molar-refractivity contribution < 1.29 is 27.4 Å². The zero-order chi connectivity index (χ0) is 16.2. The minimum absolute atomic E-state index is 0.169. The van der Waals surface area contributed by atoms with Crippen molar-refractivity contribution in [3.63, 3.8) is 0 Å². The first-order chi connectivity index (χ1) is 10.4. The fraction of sp³-hybridized carbons (Fsp3) is 0.200. The highest BCUT2D eigenvalue weighted by atomic mass is 19.4. The first kappa shape index (κ1) is 15.8. The molecule has 0 N–H and O–H groups in total. The van der Waals surface area contributed by atoms with E-state index in [2.05, 4.69) is 9.72 Å². The Hall–Kier alpha value is -2.57. The van der Waals surface area contributed by atoms with Gasteiger partial charge in [-0.15, -0.1) is 13.2 Å². The fourth-order valence-corrected chi connectivity index (χ4v) is 1.74. The molecule has 0 atom stereocenters. The number of esters is 1. The molecule has 0 saturated heterocycles. The van der Waals surface area contributed by atoms with Crippen LogP contribution >= 0.6 is 0 Å². The number of ether oxygens (including phenoxy) is 2. The second kappa shape index (κ2) is 6.46. The highest BCUT2D eigenvalue weighted by Gasteiger charge is 2.30. The summed E-state index contributed by atoms with van der Waals surface area (Å²) in [6, 6.07) is 8.50. The molecule has 1 aromatic heterocycles. The van der Waals surface area contributed by atoms with Crippen LogP contribution in [-0.2, 0) is 4.74 Å². The van der Waals surface area contributed by atoms with Crippen molar-refractivity contribution in [2.45, 2.75) is 13.3 Å². The van der Waals surface area contributed by atoms with Gasteiger partial charge in [0.15, 0.2) is 0 Å². The van der Waals surface area contributed by atoms with Gasteiger partial charge in [0.25, 0.3) is 0 Å². The van der Waals surface area contributed by atoms with Gasteiger partial charge in [-0.3, -0.25) is 0 Å². The van der Waals surface area contributed by atoms with E-state index in [0.29, 0.717) is 11.1 Å². The van der Waals surface area contributed by atoms with Gasteiger partial charge in [-0.1, -0.05) is 18.2 Å². The predicted octanol–water partition coefficient (Wildman–Crippen LogP) is 3.82. The number of halogens is 3. The molecule has 1 heterocycles. The highest BCUT2D eigenvalue weighted by molar-refractivity contribution is 5.87. The molecular formula is C15H12F3NO3. The summed E-state index contributed by atoms with van der Waals surface area (Å²) in [7, 11) is 0. The van der Waals surface area contributed by atoms with Gasteiger partial charge >= 0.3 is 12.3 Å². The zero-order valence-corrected chi connectivity index (χ0v) is 11.6. The van der Waals surface area contributed by atoms with E-state index in [4.69, 9.17) is 4.74 Å². The normalized spacial score (nSPS) is 11.1. The third kappa shape index (κ3) is 4.21. The maximum atomic E-state index is 12.1. The summed E-state index contributed by atoms with van der Waals surface area (Å²) in [6.07, 6.45) is -3.27. The van der Waals surface area contributed by atoms with Crippen LogP contribution in [0.2, 0.25) is 0 Å². The van der Waals surface area contributed by atoms with E-state index in [1.54, 1.807) is 13.0 Å². The standard InChI is InChI=1S/C15H12F3NO3/c1-2-21-14(20)13-8-5-11(9-19-13)10-3-6-12(7-4-10)22-15(16,17)18/h3-9H,2H2,1H3. The lowest BCUT2D eigenvalue weighted by molar-refractivity contribution is -0.274. The summed E-state index contributed by atoms with van der Waals surface area (Å²) in [4.78, 5) is 15.4. The van der Waals surface area contributed by atoms with Crippen molar-refractivity contribution >= 4 is 5.97 Å². The lowest BCUT2D eigenvalue weighted by atomic mass is 10.1. The van der Waals surface area contributed by atoms with Gasteiger partial charge in [-0.2, -0.15) is 0 Å². The molecule has 2 aromatic rings. The Bertz CT molecular complexity index is 637. The summed E-state index contributed by atoms with van der Waals surface area (Å²) in [5.41, 5.74) is 1.48. The van der Waals surface area contributed by atoms with Crippen LogP contribution in [0.3, 0.4) is 0 Å². The Balaban J connectivity index is 2.13. The monoisotopic (exact) mass is 311 g/mol. The Kier molecular flexibility index (Phi) is 4.65. The van der Waals surface area contributed by atoms with Crippen LogP contribution in [0.15, 0.2) is 42.6 Å². The number of pyridine rings is 1. The third-order valence-electron chi connectivity index (χ3n) is 2.67. The third-order valence-corrected chi connectivity index (χ3v) is 2.67. The first-order valence-electron chi connectivity index (χ1n) is 6.38. The molecule has 0 bridgehead atoms. The Morgan fingerprint density at radius 1 is 1.09 bits per heavy atom. The van der Waals surface area contributed by atoms with Crippen molar-refractivity contribution in [3.8, 4) is 16.9 Å². The van der Waals surface area contributed by atoms with Crippen LogP contribution in [0, 0.1) is 0 Å². The Morgan fingerprint density at radius 3 is 2.23 bits per heavy atom. The molecule has 0 saturated carbocycles. The van der Waals surface area contributed by atoms with Gasteiger partial charge in [0, 0.05) is 11.8 Å². The van der Waals surface area contributed by atoms with E-state index in [1.165, 1.54) is 36.5 Å². The van der Waals surface area contributed by atoms with Gasteiger partial charge < -0.3 is 9.47 Å². The van der Waals surface area contributed by atoms with Crippen molar-refractivity contribution in [2.24, 2.45) is 0 Å². The second-order valence-electron chi connectivity index (χ2n) is 4.22. The molecule has 22 heavy (non-hydrogen) atoms. The molecule has 0 radical (unpaired) electrons. The number of hydrogen-bond acceptors (Lipinski definition) is 4. The van der Waals surface area contributed by atoms with Crippen LogP contribution in [0.25, 0.3) is 11.1 Å². The molecule has 0 unspecified atom stereocenters. The largest absolute Gasteiger partial charge is 0.573 e. The minimum atomic E-state index is -4.72. The molecule has 7 heteroatoms. The lowest BCUT2D eigenvalue weighted by Crippen LogP contribution is -2.16. The number of benzene rings is 1. The smallest absolute Gasteiger partial charge is 0.461 e. The quantitative estimate of drug-likeness (QED) is 0.805. The molecule has 0 spiro atoms. The van der Waals surface area contributed by atoms with E-state index in [1.807, 2.05) is 0 Å². The van der Waals surface area contributed by atoms with Gasteiger partial charge in [-0.25, -0.2) is 9.78 Å². The predicted molar refractivity (Wildman–Crippen MR) is 72.3 cm³/mol. The molecule has 116 valence electrons. The average Bonchev–Trinajstić information content (AvgIpc) is 2.47. The maximum Gasteiger partial charge on any atom is 0.573 e. The van der Waals surface area contributed by atoms with Gasteiger partial charge in [-0.05, 0) is 30.7 Å². The van der Waals surface area contributed by atoms with Crippen molar-refractivity contribution in [1.82, 2.24) is 4.98 Å². The van der Waals surface area contributed by atoms with Gasteiger partial charge in [0.1, 0.15) is 11.4 Å². The summed E-state index contributed by atoms with van der Waals surface area (Å²) in [6.45, 7) is 1.94. The zero-order valence-electron chi connectivity index (χ0n) is 11.6. The first-order valence-corrected chi connectivity index (χ1v) is 6.38.